The highest BCUT2D eigenvalue weighted by atomic mass is 32.2. The minimum atomic E-state index is -4.30. The van der Waals surface area contributed by atoms with E-state index < -0.39 is 31.5 Å². The quantitative estimate of drug-likeness (QED) is 0.0553. The molecule has 2 aromatic carbocycles. The van der Waals surface area contributed by atoms with Crippen LogP contribution in [-0.4, -0.2) is 56.3 Å². The average Bonchev–Trinajstić information content (AvgIpc) is 3.62. The standard InChI is InChI=1S/C37H48N4O8S3/c1-36(2)29-13-5-7-15-31(29)40(23-9-11-25-50-49-48-42)33(36)21-19-27-17-18-28(35(27)39-52(38,46)47)20-22-34-37(3,4)30-14-6-8-16-32(30)41(34)24-10-12-26-51(43,44)45/h5-8,13-16,19-22H,9-12,17-18,23-26H2,1-4H3,(H4,38,42,43,44,45,46,47)/p-1/b27-19+,33-21+. The van der Waals surface area contributed by atoms with Crippen LogP contribution in [-0.2, 0) is 40.5 Å². The van der Waals surface area contributed by atoms with Gasteiger partial charge in [0.05, 0.1) is 21.2 Å². The lowest BCUT2D eigenvalue weighted by Crippen LogP contribution is -2.31. The van der Waals surface area contributed by atoms with Gasteiger partial charge in [-0.25, -0.2) is 13.6 Å². The van der Waals surface area contributed by atoms with Gasteiger partial charge in [0, 0.05) is 71.0 Å². The van der Waals surface area contributed by atoms with Crippen molar-refractivity contribution in [2.45, 2.75) is 77.0 Å². The summed E-state index contributed by atoms with van der Waals surface area (Å²) in [7, 11) is -8.40. The van der Waals surface area contributed by atoms with E-state index in [2.05, 4.69) is 75.5 Å². The van der Waals surface area contributed by atoms with Crippen molar-refractivity contribution in [3.63, 3.8) is 0 Å². The van der Waals surface area contributed by atoms with Crippen LogP contribution in [0.15, 0.2) is 95.4 Å². The lowest BCUT2D eigenvalue weighted by molar-refractivity contribution is -0.777. The third-order valence-electron chi connectivity index (χ3n) is 10.00. The predicted molar refractivity (Wildman–Crippen MR) is 202 cm³/mol. The molecule has 3 aliphatic rings. The van der Waals surface area contributed by atoms with Gasteiger partial charge in [-0.3, -0.25) is 9.76 Å². The van der Waals surface area contributed by atoms with E-state index in [4.69, 9.17) is 5.14 Å². The van der Waals surface area contributed by atoms with Crippen LogP contribution in [0.25, 0.3) is 0 Å². The van der Waals surface area contributed by atoms with Crippen LogP contribution in [0.5, 0.6) is 0 Å². The minimum Gasteiger partial charge on any atom is -0.748 e. The fourth-order valence-corrected chi connectivity index (χ4v) is 9.02. The zero-order valence-electron chi connectivity index (χ0n) is 30.0. The summed E-state index contributed by atoms with van der Waals surface area (Å²) in [6, 6.07) is 16.3. The van der Waals surface area contributed by atoms with Gasteiger partial charge in [-0.05, 0) is 74.8 Å². The van der Waals surface area contributed by atoms with Crippen LogP contribution in [0, 0.1) is 0 Å². The average molecular weight is 772 g/mol. The molecule has 2 aromatic rings. The zero-order valence-corrected chi connectivity index (χ0v) is 32.4. The maximum absolute atomic E-state index is 12.5. The van der Waals surface area contributed by atoms with Crippen LogP contribution in [0.4, 0.5) is 11.4 Å². The summed E-state index contributed by atoms with van der Waals surface area (Å²) in [5, 5.41) is 19.1. The number of hydrogen-bond acceptors (Lipinski definition) is 10. The minimum absolute atomic E-state index is 0.254. The topological polar surface area (TPSA) is 177 Å². The second-order valence-electron chi connectivity index (χ2n) is 14.2. The summed E-state index contributed by atoms with van der Waals surface area (Å²) < 4.78 is 67.8. The second-order valence-corrected chi connectivity index (χ2v) is 17.8. The number of para-hydroxylation sites is 2. The Hall–Kier alpha value is -3.28. The first kappa shape index (κ1) is 39.9. The smallest absolute Gasteiger partial charge is 0.296 e. The van der Waals surface area contributed by atoms with Crippen molar-refractivity contribution in [2.24, 2.45) is 5.14 Å². The van der Waals surface area contributed by atoms with Gasteiger partial charge in [-0.2, -0.15) is 17.3 Å². The van der Waals surface area contributed by atoms with Gasteiger partial charge in [-0.1, -0.05) is 62.4 Å². The van der Waals surface area contributed by atoms with Crippen molar-refractivity contribution in [1.29, 1.82) is 0 Å². The molecule has 0 spiro atoms. The molecule has 0 unspecified atom stereocenters. The molecule has 0 fully saturated rings. The molecule has 0 aromatic heterocycles. The molecule has 12 nitrogen and oxygen atoms in total. The van der Waals surface area contributed by atoms with Gasteiger partial charge in [0.1, 0.15) is 6.54 Å². The van der Waals surface area contributed by atoms with Gasteiger partial charge >= 0.3 is 0 Å². The Bertz CT molecular complexity index is 2030. The van der Waals surface area contributed by atoms with Crippen molar-refractivity contribution in [1.82, 2.24) is 4.72 Å². The number of rotatable bonds is 17. The summed E-state index contributed by atoms with van der Waals surface area (Å²) in [5.41, 5.74) is 7.86. The van der Waals surface area contributed by atoms with E-state index >= 15 is 0 Å². The summed E-state index contributed by atoms with van der Waals surface area (Å²) in [6.07, 6.45) is 11.6. The third kappa shape index (κ3) is 9.26. The molecule has 0 saturated carbocycles. The van der Waals surface area contributed by atoms with Gasteiger partial charge < -0.3 is 14.7 Å². The van der Waals surface area contributed by atoms with Crippen molar-refractivity contribution in [2.75, 3.05) is 29.5 Å². The van der Waals surface area contributed by atoms with Crippen molar-refractivity contribution < 1.29 is 40.6 Å². The number of hydrogen-bond donors (Lipinski definition) is 2. The first-order valence-electron chi connectivity index (χ1n) is 17.3. The summed E-state index contributed by atoms with van der Waals surface area (Å²) in [6.45, 7) is 9.86. The van der Waals surface area contributed by atoms with Crippen molar-refractivity contribution in [3.05, 3.63) is 107 Å². The molecule has 2 heterocycles. The van der Waals surface area contributed by atoms with E-state index in [1.807, 2.05) is 48.6 Å². The van der Waals surface area contributed by atoms with Crippen LogP contribution < -0.4 is 20.0 Å². The Morgan fingerprint density at radius 3 is 2.35 bits per heavy atom. The maximum Gasteiger partial charge on any atom is 0.296 e. The zero-order chi connectivity index (χ0) is 37.7. The van der Waals surface area contributed by atoms with Crippen molar-refractivity contribution in [3.8, 4) is 0 Å². The molecule has 15 heteroatoms. The first-order valence-corrected chi connectivity index (χ1v) is 21.3. The normalized spacial score (nSPS) is 19.8. The van der Waals surface area contributed by atoms with E-state index in [1.165, 1.54) is 5.56 Å². The number of nitrogens with two attached hydrogens (primary N) is 1. The molecule has 0 saturated heterocycles. The summed E-state index contributed by atoms with van der Waals surface area (Å²) >= 11 is 0.979. The molecule has 3 N–H and O–H groups in total. The molecule has 282 valence electrons. The highest BCUT2D eigenvalue weighted by Gasteiger charge is 2.44. The number of nitrogens with zero attached hydrogens (tertiary/aromatic N) is 2. The lowest BCUT2D eigenvalue weighted by Gasteiger charge is -2.27. The molecule has 1 aliphatic carbocycles. The number of allylic oxidation sites excluding steroid dienone is 7. The Labute approximate surface area is 311 Å². The Kier molecular flexibility index (Phi) is 12.6. The number of benzene rings is 2. The van der Waals surface area contributed by atoms with E-state index in [-0.39, 0.29) is 11.8 Å². The fourth-order valence-electron chi connectivity index (χ4n) is 7.49. The molecule has 0 radical (unpaired) electrons. The molecule has 5 rings (SSSR count). The number of anilines is 1. The lowest BCUT2D eigenvalue weighted by atomic mass is 9.81. The van der Waals surface area contributed by atoms with Gasteiger partial charge in [-0.15, -0.1) is 0 Å². The first-order chi connectivity index (χ1) is 24.5. The van der Waals surface area contributed by atoms with E-state index in [0.29, 0.717) is 37.3 Å². The molecule has 52 heavy (non-hydrogen) atoms. The molecule has 0 bridgehead atoms. The van der Waals surface area contributed by atoms with Crippen LogP contribution >= 0.6 is 12.0 Å². The molecule has 0 amide bonds. The Balaban J connectivity index is 1.48. The monoisotopic (exact) mass is 771 g/mol. The van der Waals surface area contributed by atoms with Crippen LogP contribution in [0.3, 0.4) is 0 Å². The highest BCUT2D eigenvalue weighted by molar-refractivity contribution is 7.94. The van der Waals surface area contributed by atoms with Gasteiger partial charge in [0.15, 0.2) is 5.71 Å². The number of fused-ring (bicyclic) bond motifs is 2. The third-order valence-corrected chi connectivity index (χ3v) is 11.9. The Morgan fingerprint density at radius 1 is 0.923 bits per heavy atom. The SMILES string of the molecule is CC1(C)C(/C=C/C2=C(NS(N)(=O)=O)C(=C/C=C3/N(CCCCSOO[O-])c4ccccc4C3(C)C)/CC2)=[N+](CCCCS(=O)(=O)[O-])c2ccccc21. The maximum atomic E-state index is 12.5. The van der Waals surface area contributed by atoms with Gasteiger partial charge in [0.25, 0.3) is 10.2 Å². The van der Waals surface area contributed by atoms with Crippen molar-refractivity contribution >= 4 is 49.5 Å². The summed E-state index contributed by atoms with van der Waals surface area (Å²) in [4.78, 5) is 2.30. The highest BCUT2D eigenvalue weighted by Crippen LogP contribution is 2.48. The van der Waals surface area contributed by atoms with Crippen LogP contribution in [0.1, 0.15) is 77.3 Å². The molecular weight excluding hydrogens is 725 g/mol. The fraction of sp³-hybridized carbons (Fsp3) is 0.432. The van der Waals surface area contributed by atoms with E-state index in [1.54, 1.807) is 0 Å². The Morgan fingerprint density at radius 2 is 1.63 bits per heavy atom. The second kappa shape index (κ2) is 16.4. The predicted octanol–water partition coefficient (Wildman–Crippen LogP) is 5.05. The molecular formula is C37H47N4O8S3-. The largest absolute Gasteiger partial charge is 0.748 e. The number of unbranched alkanes of at least 4 members (excludes halogenated alkanes) is 2. The van der Waals surface area contributed by atoms with Gasteiger partial charge in [0.2, 0.25) is 5.69 Å². The van der Waals surface area contributed by atoms with E-state index in [0.717, 1.165) is 70.9 Å². The molecule has 2 aliphatic heterocycles. The van der Waals surface area contributed by atoms with E-state index in [9.17, 15) is 26.6 Å². The number of nitrogens with one attached hydrogen (secondary N) is 1. The summed E-state index contributed by atoms with van der Waals surface area (Å²) in [5.74, 6) is 0.201. The van der Waals surface area contributed by atoms with Crippen LogP contribution in [0.2, 0.25) is 0 Å². The molecule has 0 atom stereocenters.